The highest BCUT2D eigenvalue weighted by Crippen LogP contribution is 2.30. The van der Waals surface area contributed by atoms with Crippen molar-refractivity contribution in [1.82, 2.24) is 9.88 Å². The van der Waals surface area contributed by atoms with Gasteiger partial charge in [-0.25, -0.2) is 0 Å². The number of carbonyl (C=O) groups excluding carboxylic acids is 1. The van der Waals surface area contributed by atoms with Crippen LogP contribution in [0.3, 0.4) is 0 Å². The minimum atomic E-state index is 0.221. The Balaban J connectivity index is 2.06. The first-order valence-corrected chi connectivity index (χ1v) is 6.69. The van der Waals surface area contributed by atoms with Gasteiger partial charge < -0.3 is 10.3 Å². The lowest BCUT2D eigenvalue weighted by atomic mass is 9.85. The smallest absolute Gasteiger partial charge is 0.222 e. The number of anilines is 1. The zero-order chi connectivity index (χ0) is 13.9. The van der Waals surface area contributed by atoms with Crippen LogP contribution in [-0.4, -0.2) is 22.3 Å². The Morgan fingerprint density at radius 3 is 3.00 bits per heavy atom. The molecule has 2 rings (SSSR count). The van der Waals surface area contributed by atoms with Crippen LogP contribution in [0.2, 0.25) is 0 Å². The van der Waals surface area contributed by atoms with E-state index in [9.17, 15) is 4.79 Å². The molecule has 2 heterocycles. The Bertz CT molecular complexity index is 459. The van der Waals surface area contributed by atoms with E-state index in [1.54, 1.807) is 12.3 Å². The summed E-state index contributed by atoms with van der Waals surface area (Å²) in [5.41, 5.74) is 4.52. The maximum absolute atomic E-state index is 12.1. The summed E-state index contributed by atoms with van der Waals surface area (Å²) in [5.74, 6) is 5.60. The number of nitrogen functional groups attached to an aromatic ring is 1. The second-order valence-corrected chi connectivity index (χ2v) is 5.91. The second-order valence-electron chi connectivity index (χ2n) is 5.91. The number of nitrogens with one attached hydrogen (secondary N) is 1. The molecular weight excluding hydrogens is 240 g/mol. The minimum absolute atomic E-state index is 0.221. The van der Waals surface area contributed by atoms with E-state index in [4.69, 9.17) is 5.84 Å². The van der Waals surface area contributed by atoms with Crippen LogP contribution >= 0.6 is 0 Å². The zero-order valence-corrected chi connectivity index (χ0v) is 11.6. The van der Waals surface area contributed by atoms with Gasteiger partial charge in [-0.1, -0.05) is 13.8 Å². The van der Waals surface area contributed by atoms with Crippen molar-refractivity contribution in [1.29, 1.82) is 0 Å². The van der Waals surface area contributed by atoms with Gasteiger partial charge in [-0.15, -0.1) is 0 Å². The molecule has 1 aromatic rings. The number of carbonyl (C=O) groups is 1. The normalized spacial score (nSPS) is 19.1. The molecule has 1 fully saturated rings. The highest BCUT2D eigenvalue weighted by Gasteiger charge is 2.27. The van der Waals surface area contributed by atoms with Crippen molar-refractivity contribution in [3.8, 4) is 0 Å². The Morgan fingerprint density at radius 1 is 1.47 bits per heavy atom. The molecule has 19 heavy (non-hydrogen) atoms. The van der Waals surface area contributed by atoms with E-state index in [2.05, 4.69) is 24.3 Å². The molecule has 1 aliphatic rings. The highest BCUT2D eigenvalue weighted by atomic mass is 16.2. The summed E-state index contributed by atoms with van der Waals surface area (Å²) in [6.45, 7) is 5.81. The predicted octanol–water partition coefficient (Wildman–Crippen LogP) is 1.91. The first-order chi connectivity index (χ1) is 9.00. The third-order valence-electron chi connectivity index (χ3n) is 3.76. The van der Waals surface area contributed by atoms with Crippen LogP contribution in [0.15, 0.2) is 18.3 Å². The third-order valence-corrected chi connectivity index (χ3v) is 3.76. The summed E-state index contributed by atoms with van der Waals surface area (Å²) in [7, 11) is 0. The number of nitrogens with zero attached hydrogens (tertiary/aromatic N) is 2. The van der Waals surface area contributed by atoms with Crippen molar-refractivity contribution in [2.45, 2.75) is 39.7 Å². The largest absolute Gasteiger partial charge is 0.337 e. The van der Waals surface area contributed by atoms with Crippen LogP contribution in [0.25, 0.3) is 0 Å². The lowest BCUT2D eigenvalue weighted by Gasteiger charge is -2.23. The van der Waals surface area contributed by atoms with Crippen LogP contribution < -0.4 is 11.3 Å². The van der Waals surface area contributed by atoms with E-state index < -0.39 is 0 Å². The van der Waals surface area contributed by atoms with E-state index >= 15 is 0 Å². The number of rotatable bonds is 3. The van der Waals surface area contributed by atoms with Crippen molar-refractivity contribution in [3.63, 3.8) is 0 Å². The van der Waals surface area contributed by atoms with Gasteiger partial charge in [-0.05, 0) is 30.4 Å². The van der Waals surface area contributed by atoms with Crippen molar-refractivity contribution < 1.29 is 4.79 Å². The minimum Gasteiger partial charge on any atom is -0.337 e. The summed E-state index contributed by atoms with van der Waals surface area (Å²) in [5, 5.41) is 0. The number of amides is 1. The molecule has 104 valence electrons. The van der Waals surface area contributed by atoms with E-state index in [0.29, 0.717) is 13.0 Å². The van der Waals surface area contributed by atoms with Gasteiger partial charge >= 0.3 is 0 Å². The quantitative estimate of drug-likeness (QED) is 0.645. The summed E-state index contributed by atoms with van der Waals surface area (Å²) in [6, 6.07) is 3.68. The van der Waals surface area contributed by atoms with Gasteiger partial charge in [0, 0.05) is 19.2 Å². The molecule has 1 saturated heterocycles. The lowest BCUT2D eigenvalue weighted by molar-refractivity contribution is -0.131. The van der Waals surface area contributed by atoms with Gasteiger partial charge in [-0.2, -0.15) is 0 Å². The summed E-state index contributed by atoms with van der Waals surface area (Å²) < 4.78 is 0. The molecule has 1 aromatic heterocycles. The first kappa shape index (κ1) is 13.8. The SMILES string of the molecule is CC1(C)CCC(=O)N(Cc2cc(NN)ccn2)CC1. The molecule has 0 spiro atoms. The molecule has 0 atom stereocenters. The maximum atomic E-state index is 12.1. The van der Waals surface area contributed by atoms with E-state index in [1.165, 1.54) is 0 Å². The van der Waals surface area contributed by atoms with Gasteiger partial charge in [0.05, 0.1) is 17.9 Å². The van der Waals surface area contributed by atoms with Crippen LogP contribution in [0.1, 0.15) is 38.8 Å². The fraction of sp³-hybridized carbons (Fsp3) is 0.571. The first-order valence-electron chi connectivity index (χ1n) is 6.69. The highest BCUT2D eigenvalue weighted by molar-refractivity contribution is 5.76. The molecule has 5 nitrogen and oxygen atoms in total. The van der Waals surface area contributed by atoms with Gasteiger partial charge in [0.1, 0.15) is 0 Å². The molecule has 3 N–H and O–H groups in total. The topological polar surface area (TPSA) is 71.2 Å². The fourth-order valence-electron chi connectivity index (χ4n) is 2.31. The molecular formula is C14H22N4O. The van der Waals surface area contributed by atoms with Gasteiger partial charge in [-0.3, -0.25) is 15.6 Å². The van der Waals surface area contributed by atoms with Crippen molar-refractivity contribution in [2.75, 3.05) is 12.0 Å². The summed E-state index contributed by atoms with van der Waals surface area (Å²) in [4.78, 5) is 18.3. The molecule has 0 aromatic carbocycles. The van der Waals surface area contributed by atoms with E-state index in [-0.39, 0.29) is 11.3 Å². The Labute approximate surface area is 114 Å². The van der Waals surface area contributed by atoms with Crippen molar-refractivity contribution in [3.05, 3.63) is 24.0 Å². The van der Waals surface area contributed by atoms with Crippen LogP contribution in [-0.2, 0) is 11.3 Å². The number of hydrogen-bond donors (Lipinski definition) is 2. The average Bonchev–Trinajstić information content (AvgIpc) is 2.52. The average molecular weight is 262 g/mol. The number of likely N-dealkylation sites (tertiary alicyclic amines) is 1. The van der Waals surface area contributed by atoms with E-state index in [1.807, 2.05) is 11.0 Å². The maximum Gasteiger partial charge on any atom is 0.222 e. The number of pyridine rings is 1. The van der Waals surface area contributed by atoms with Crippen molar-refractivity contribution >= 4 is 11.6 Å². The second kappa shape index (κ2) is 5.57. The molecule has 5 heteroatoms. The Morgan fingerprint density at radius 2 is 2.26 bits per heavy atom. The van der Waals surface area contributed by atoms with Gasteiger partial charge in [0.25, 0.3) is 0 Å². The van der Waals surface area contributed by atoms with Crippen LogP contribution in [0.4, 0.5) is 5.69 Å². The molecule has 0 aliphatic carbocycles. The fourth-order valence-corrected chi connectivity index (χ4v) is 2.31. The molecule has 0 saturated carbocycles. The summed E-state index contributed by atoms with van der Waals surface area (Å²) >= 11 is 0. The van der Waals surface area contributed by atoms with Crippen LogP contribution in [0, 0.1) is 5.41 Å². The molecule has 0 radical (unpaired) electrons. The molecule has 1 aliphatic heterocycles. The van der Waals surface area contributed by atoms with E-state index in [0.717, 1.165) is 30.8 Å². The standard InChI is InChI=1S/C14H22N4O/c1-14(2)5-3-13(19)18(8-6-14)10-12-9-11(17-15)4-7-16-12/h4,7,9H,3,5-6,8,10,15H2,1-2H3,(H,16,17). The molecule has 0 unspecified atom stereocenters. The van der Waals surface area contributed by atoms with Crippen molar-refractivity contribution in [2.24, 2.45) is 11.3 Å². The number of aromatic nitrogens is 1. The van der Waals surface area contributed by atoms with Gasteiger partial charge in [0.2, 0.25) is 5.91 Å². The summed E-state index contributed by atoms with van der Waals surface area (Å²) in [6.07, 6.45) is 4.33. The molecule has 0 bridgehead atoms. The lowest BCUT2D eigenvalue weighted by Crippen LogP contribution is -2.30. The predicted molar refractivity (Wildman–Crippen MR) is 75.1 cm³/mol. The Hall–Kier alpha value is -1.62. The van der Waals surface area contributed by atoms with Crippen LogP contribution in [0.5, 0.6) is 0 Å². The monoisotopic (exact) mass is 262 g/mol. The number of hydrazine groups is 1. The number of hydrogen-bond acceptors (Lipinski definition) is 4. The molecule has 1 amide bonds. The van der Waals surface area contributed by atoms with Gasteiger partial charge in [0.15, 0.2) is 0 Å². The Kier molecular flexibility index (Phi) is 4.04. The third kappa shape index (κ3) is 3.67. The number of nitrogens with two attached hydrogens (primary N) is 1. The zero-order valence-electron chi connectivity index (χ0n) is 11.6.